The molecule has 1 aromatic carbocycles. The smallest absolute Gasteiger partial charge is 0.416 e. The van der Waals surface area contributed by atoms with E-state index < -0.39 is 28.9 Å². The van der Waals surface area contributed by atoms with E-state index in [0.29, 0.717) is 0 Å². The predicted molar refractivity (Wildman–Crippen MR) is 87.7 cm³/mol. The molecule has 132 valence electrons. The van der Waals surface area contributed by atoms with Gasteiger partial charge >= 0.3 is 11.9 Å². The second-order valence-electron chi connectivity index (χ2n) is 4.57. The van der Waals surface area contributed by atoms with Crippen LogP contribution in [0.4, 0.5) is 18.9 Å². The first kappa shape index (κ1) is 18.2. The number of hydrogen-bond acceptors (Lipinski definition) is 5. The maximum Gasteiger partial charge on any atom is 0.416 e. The normalized spacial score (nSPS) is 11.5. The van der Waals surface area contributed by atoms with Crippen LogP contribution < -0.4 is 22.0 Å². The molecule has 12 heteroatoms. The molecule has 0 aliphatic carbocycles. The molecule has 1 aromatic heterocycles. The van der Waals surface area contributed by atoms with Gasteiger partial charge in [0.1, 0.15) is 5.56 Å². The van der Waals surface area contributed by atoms with Crippen LogP contribution in [0.25, 0.3) is 0 Å². The SMILES string of the molecule is O=c1[nH]c(O)c(C=NNC(=S)Nc2cccc(C(F)(F)F)c2)c(=O)[nH]1. The number of aromatic hydroxyl groups is 1. The van der Waals surface area contributed by atoms with E-state index in [1.165, 1.54) is 12.1 Å². The fourth-order valence-corrected chi connectivity index (χ4v) is 1.86. The molecule has 25 heavy (non-hydrogen) atoms. The number of halogens is 3. The largest absolute Gasteiger partial charge is 0.494 e. The Kier molecular flexibility index (Phi) is 5.22. The van der Waals surface area contributed by atoms with Crippen molar-refractivity contribution in [1.29, 1.82) is 0 Å². The number of anilines is 1. The van der Waals surface area contributed by atoms with E-state index in [1.54, 1.807) is 0 Å². The molecule has 2 aromatic rings. The fourth-order valence-electron chi connectivity index (χ4n) is 1.69. The Morgan fingerprint density at radius 3 is 2.64 bits per heavy atom. The van der Waals surface area contributed by atoms with Gasteiger partial charge in [0.25, 0.3) is 5.56 Å². The molecule has 2 rings (SSSR count). The lowest BCUT2D eigenvalue weighted by molar-refractivity contribution is -0.137. The quantitative estimate of drug-likeness (QED) is 0.312. The van der Waals surface area contributed by atoms with E-state index in [0.717, 1.165) is 18.3 Å². The van der Waals surface area contributed by atoms with Crippen molar-refractivity contribution in [3.05, 3.63) is 56.2 Å². The van der Waals surface area contributed by atoms with Crippen molar-refractivity contribution >= 4 is 29.2 Å². The van der Waals surface area contributed by atoms with Gasteiger partial charge in [-0.15, -0.1) is 0 Å². The second-order valence-corrected chi connectivity index (χ2v) is 4.98. The fraction of sp³-hybridized carbons (Fsp3) is 0.0769. The summed E-state index contributed by atoms with van der Waals surface area (Å²) < 4.78 is 37.9. The van der Waals surface area contributed by atoms with Crippen LogP contribution in [-0.4, -0.2) is 26.4 Å². The molecule has 1 heterocycles. The van der Waals surface area contributed by atoms with E-state index in [9.17, 15) is 27.9 Å². The highest BCUT2D eigenvalue weighted by molar-refractivity contribution is 7.80. The van der Waals surface area contributed by atoms with Gasteiger partial charge in [-0.3, -0.25) is 20.2 Å². The first-order chi connectivity index (χ1) is 11.7. The van der Waals surface area contributed by atoms with Gasteiger partial charge in [0.15, 0.2) is 5.11 Å². The van der Waals surface area contributed by atoms with Crippen molar-refractivity contribution in [2.75, 3.05) is 5.32 Å². The minimum atomic E-state index is -4.49. The number of nitrogens with one attached hydrogen (secondary N) is 4. The zero-order chi connectivity index (χ0) is 18.6. The summed E-state index contributed by atoms with van der Waals surface area (Å²) in [6.45, 7) is 0. The van der Waals surface area contributed by atoms with Crippen LogP contribution >= 0.6 is 12.2 Å². The van der Waals surface area contributed by atoms with Crippen LogP contribution in [0.2, 0.25) is 0 Å². The van der Waals surface area contributed by atoms with Gasteiger partial charge in [-0.05, 0) is 30.4 Å². The topological polar surface area (TPSA) is 122 Å². The first-order valence-electron chi connectivity index (χ1n) is 6.49. The number of benzene rings is 1. The summed E-state index contributed by atoms with van der Waals surface area (Å²) >= 11 is 4.85. The maximum atomic E-state index is 12.6. The molecule has 5 N–H and O–H groups in total. The molecular weight excluding hydrogens is 363 g/mol. The standard InChI is InChI=1S/C13H10F3N5O3S/c14-13(15,16)6-2-1-3-7(4-6)18-12(25)21-17-5-8-9(22)19-11(24)20-10(8)23/h1-5H,(H2,18,21,25)(H3,19,20,22,23,24). The number of hydrazone groups is 1. The van der Waals surface area contributed by atoms with E-state index >= 15 is 0 Å². The summed E-state index contributed by atoms with van der Waals surface area (Å²) in [5, 5.41) is 15.3. The number of nitrogens with zero attached hydrogens (tertiary/aromatic N) is 1. The lowest BCUT2D eigenvalue weighted by Gasteiger charge is -2.10. The third kappa shape index (κ3) is 4.91. The van der Waals surface area contributed by atoms with Gasteiger partial charge in [-0.25, -0.2) is 4.79 Å². The molecule has 0 aliphatic heterocycles. The van der Waals surface area contributed by atoms with Gasteiger partial charge in [0.05, 0.1) is 11.8 Å². The number of H-pyrrole nitrogens is 2. The highest BCUT2D eigenvalue weighted by atomic mass is 32.1. The molecule has 0 spiro atoms. The first-order valence-corrected chi connectivity index (χ1v) is 6.90. The summed E-state index contributed by atoms with van der Waals surface area (Å²) in [7, 11) is 0. The van der Waals surface area contributed by atoms with Crippen LogP contribution in [0, 0.1) is 0 Å². The lowest BCUT2D eigenvalue weighted by Crippen LogP contribution is -2.27. The molecular formula is C13H10F3N5O3S. The van der Waals surface area contributed by atoms with Crippen molar-refractivity contribution in [3.8, 4) is 5.88 Å². The van der Waals surface area contributed by atoms with Crippen LogP contribution in [0.1, 0.15) is 11.1 Å². The molecule has 0 amide bonds. The Morgan fingerprint density at radius 1 is 1.28 bits per heavy atom. The van der Waals surface area contributed by atoms with Crippen molar-refractivity contribution in [2.24, 2.45) is 5.10 Å². The zero-order valence-electron chi connectivity index (χ0n) is 12.1. The average molecular weight is 373 g/mol. The minimum absolute atomic E-state index is 0.0762. The molecule has 0 unspecified atom stereocenters. The van der Waals surface area contributed by atoms with Gasteiger partial charge in [-0.1, -0.05) is 6.07 Å². The molecule has 0 radical (unpaired) electrons. The van der Waals surface area contributed by atoms with E-state index in [2.05, 4.69) is 15.8 Å². The Balaban J connectivity index is 2.05. The summed E-state index contributed by atoms with van der Waals surface area (Å²) in [5.74, 6) is -0.698. The van der Waals surface area contributed by atoms with Crippen LogP contribution in [0.3, 0.4) is 0 Å². The van der Waals surface area contributed by atoms with Gasteiger partial charge in [0.2, 0.25) is 5.88 Å². The van der Waals surface area contributed by atoms with E-state index in [-0.39, 0.29) is 16.4 Å². The summed E-state index contributed by atoms with van der Waals surface area (Å²) in [6, 6.07) is 4.33. The molecule has 8 nitrogen and oxygen atoms in total. The van der Waals surface area contributed by atoms with Crippen molar-refractivity contribution in [3.63, 3.8) is 0 Å². The number of aromatic nitrogens is 2. The average Bonchev–Trinajstić information content (AvgIpc) is 2.49. The lowest BCUT2D eigenvalue weighted by atomic mass is 10.2. The predicted octanol–water partition coefficient (Wildman–Crippen LogP) is 1.11. The van der Waals surface area contributed by atoms with Crippen molar-refractivity contribution in [1.82, 2.24) is 15.4 Å². The number of rotatable bonds is 3. The molecule has 0 saturated carbocycles. The van der Waals surface area contributed by atoms with Crippen molar-refractivity contribution < 1.29 is 18.3 Å². The van der Waals surface area contributed by atoms with E-state index in [4.69, 9.17) is 12.2 Å². The molecule has 0 bridgehead atoms. The summed E-state index contributed by atoms with van der Waals surface area (Å²) in [5.41, 5.74) is -0.636. The van der Waals surface area contributed by atoms with Gasteiger partial charge in [0, 0.05) is 5.69 Å². The Hall–Kier alpha value is -3.15. The summed E-state index contributed by atoms with van der Waals surface area (Å²) in [4.78, 5) is 26.2. The minimum Gasteiger partial charge on any atom is -0.494 e. The monoisotopic (exact) mass is 373 g/mol. The summed E-state index contributed by atoms with van der Waals surface area (Å²) in [6.07, 6.45) is -3.61. The Morgan fingerprint density at radius 2 is 2.00 bits per heavy atom. The molecule has 0 aliphatic rings. The third-order valence-corrected chi connectivity index (χ3v) is 2.96. The number of thiocarbonyl (C=S) groups is 1. The molecule has 0 fully saturated rings. The van der Waals surface area contributed by atoms with Gasteiger partial charge in [-0.2, -0.15) is 18.3 Å². The number of hydrogen-bond donors (Lipinski definition) is 5. The van der Waals surface area contributed by atoms with Gasteiger partial charge < -0.3 is 10.4 Å². The number of alkyl halides is 3. The molecule has 0 atom stereocenters. The zero-order valence-corrected chi connectivity index (χ0v) is 13.0. The van der Waals surface area contributed by atoms with Crippen molar-refractivity contribution in [2.45, 2.75) is 6.18 Å². The van der Waals surface area contributed by atoms with Crippen LogP contribution in [-0.2, 0) is 6.18 Å². The van der Waals surface area contributed by atoms with Crippen LogP contribution in [0.5, 0.6) is 5.88 Å². The Bertz CT molecular complexity index is 935. The second kappa shape index (κ2) is 7.17. The maximum absolute atomic E-state index is 12.6. The van der Waals surface area contributed by atoms with E-state index in [1.807, 2.05) is 9.97 Å². The highest BCUT2D eigenvalue weighted by Crippen LogP contribution is 2.30. The van der Waals surface area contributed by atoms with Crippen LogP contribution in [0.15, 0.2) is 39.0 Å². The third-order valence-electron chi connectivity index (χ3n) is 2.77. The number of aromatic amines is 2. The Labute approximate surface area is 142 Å². The highest BCUT2D eigenvalue weighted by Gasteiger charge is 2.30. The molecule has 0 saturated heterocycles.